The molecule has 0 unspecified atom stereocenters. The van der Waals surface area contributed by atoms with Gasteiger partial charge in [0.05, 0.1) is 33.1 Å². The third-order valence-corrected chi connectivity index (χ3v) is 10.2. The zero-order valence-corrected chi connectivity index (χ0v) is 27.2. The van der Waals surface area contributed by atoms with Crippen molar-refractivity contribution in [3.05, 3.63) is 108 Å². The first kappa shape index (κ1) is 29.3. The van der Waals surface area contributed by atoms with Gasteiger partial charge in [-0.05, 0) is 122 Å². The predicted octanol–water partition coefficient (Wildman–Crippen LogP) is 7.63. The van der Waals surface area contributed by atoms with Gasteiger partial charge in [-0.2, -0.15) is 0 Å². The van der Waals surface area contributed by atoms with Gasteiger partial charge in [0.1, 0.15) is 11.3 Å². The van der Waals surface area contributed by atoms with Crippen molar-refractivity contribution in [2.45, 2.75) is 58.8 Å². The van der Waals surface area contributed by atoms with Crippen LogP contribution in [0.5, 0.6) is 5.75 Å². The quantitative estimate of drug-likeness (QED) is 0.118. The number of nitro groups is 1. The van der Waals surface area contributed by atoms with Crippen LogP contribution in [0, 0.1) is 24.0 Å². The lowest BCUT2D eigenvalue weighted by molar-refractivity contribution is -0.383. The Morgan fingerprint density at radius 3 is 2.27 bits per heavy atom. The van der Waals surface area contributed by atoms with Gasteiger partial charge in [-0.1, -0.05) is 17.7 Å². The highest BCUT2D eigenvalue weighted by atomic mass is 16.6. The van der Waals surface area contributed by atoms with Crippen LogP contribution in [-0.2, 0) is 38.5 Å². The molecule has 10 heteroatoms. The van der Waals surface area contributed by atoms with Crippen molar-refractivity contribution >= 4 is 46.2 Å². The minimum atomic E-state index is -0.430. The molecular weight excluding hydrogens is 614 g/mol. The van der Waals surface area contributed by atoms with Crippen LogP contribution in [-0.4, -0.2) is 41.7 Å². The van der Waals surface area contributed by atoms with Crippen LogP contribution in [0.2, 0.25) is 0 Å². The zero-order valence-electron chi connectivity index (χ0n) is 27.2. The number of non-ortho nitro benzene ring substituents is 1. The number of fused-ring (bicyclic) bond motifs is 9. The summed E-state index contributed by atoms with van der Waals surface area (Å²) in [6.45, 7) is 7.52. The Morgan fingerprint density at radius 2 is 1.49 bits per heavy atom. The monoisotopic (exact) mass is 645 g/mol. The molecule has 0 fully saturated rings. The number of allylic oxidation sites excluding steroid dienone is 1. The number of nitrogens with zero attached hydrogens (tertiary/aromatic N) is 7. The molecule has 6 aromatic rings. The maximum atomic E-state index is 11.8. The molecule has 0 amide bonds. The number of rotatable bonds is 3. The summed E-state index contributed by atoms with van der Waals surface area (Å²) in [6.07, 6.45) is 9.85. The van der Waals surface area contributed by atoms with Crippen molar-refractivity contribution in [2.75, 3.05) is 0 Å². The molecule has 1 N–H and O–H groups in total. The Kier molecular flexibility index (Phi) is 6.46. The Bertz CT molecular complexity index is 2520. The smallest absolute Gasteiger partial charge is 0.279 e. The Morgan fingerprint density at radius 1 is 0.816 bits per heavy atom. The molecule has 0 saturated carbocycles. The van der Waals surface area contributed by atoms with E-state index in [9.17, 15) is 15.2 Å². The summed E-state index contributed by atoms with van der Waals surface area (Å²) in [5, 5.41) is 24.0. The maximum Gasteiger partial charge on any atom is 0.279 e. The Labute approximate surface area is 281 Å². The van der Waals surface area contributed by atoms with Gasteiger partial charge < -0.3 is 5.11 Å². The predicted molar refractivity (Wildman–Crippen MR) is 190 cm³/mol. The summed E-state index contributed by atoms with van der Waals surface area (Å²) in [6, 6.07) is 12.0. The molecular formula is C39H31N7O3. The number of pyridine rings is 5. The molecule has 10 nitrogen and oxygen atoms in total. The number of aromatic hydroxyl groups is 1. The second-order valence-electron chi connectivity index (χ2n) is 13.4. The first-order chi connectivity index (χ1) is 23.7. The molecule has 0 spiro atoms. The van der Waals surface area contributed by atoms with E-state index in [1.807, 2.05) is 6.20 Å². The van der Waals surface area contributed by atoms with Gasteiger partial charge in [-0.25, -0.2) is 24.9 Å². The van der Waals surface area contributed by atoms with Crippen LogP contribution in [0.3, 0.4) is 0 Å². The molecule has 49 heavy (non-hydrogen) atoms. The van der Waals surface area contributed by atoms with Crippen LogP contribution >= 0.6 is 0 Å². The molecule has 9 rings (SSSR count). The van der Waals surface area contributed by atoms with Crippen molar-refractivity contribution < 1.29 is 10.0 Å². The van der Waals surface area contributed by atoms with Crippen molar-refractivity contribution in [1.29, 1.82) is 0 Å². The fraction of sp³-hybridized carbons (Fsp3) is 0.231. The topological polar surface area (TPSA) is 140 Å². The molecule has 0 saturated heterocycles. The summed E-state index contributed by atoms with van der Waals surface area (Å²) < 4.78 is 0. The highest BCUT2D eigenvalue weighted by Crippen LogP contribution is 2.42. The van der Waals surface area contributed by atoms with E-state index >= 15 is 0 Å². The van der Waals surface area contributed by atoms with Gasteiger partial charge in [0.15, 0.2) is 11.5 Å². The highest BCUT2D eigenvalue weighted by Gasteiger charge is 2.28. The standard InChI is InChI=1S/C39H31N7O3/c1-19-10-27-15-24-7-6-23-14-22-5-4-21(13-30(22)42-32(23)34(24)45-39(27)41-18-19)12-28-16-25-8-9-26-17-29-31(46(48)49)11-20(2)37(47)36(29)43-33(26)35(25)44-38(28)40-3/h10-12,14-18,47H,3-9,13H2,1-2H3/b21-12-. The van der Waals surface area contributed by atoms with E-state index in [2.05, 4.69) is 54.0 Å². The third-order valence-electron chi connectivity index (χ3n) is 10.2. The van der Waals surface area contributed by atoms with Gasteiger partial charge in [0.25, 0.3) is 5.69 Å². The summed E-state index contributed by atoms with van der Waals surface area (Å²) in [4.78, 5) is 40.2. The van der Waals surface area contributed by atoms with Gasteiger partial charge in [-0.15, -0.1) is 0 Å². The van der Waals surface area contributed by atoms with E-state index in [0.717, 1.165) is 82.5 Å². The van der Waals surface area contributed by atoms with Gasteiger partial charge in [-0.3, -0.25) is 15.1 Å². The fourth-order valence-electron chi connectivity index (χ4n) is 7.71. The van der Waals surface area contributed by atoms with Crippen LogP contribution in [0.4, 0.5) is 11.5 Å². The van der Waals surface area contributed by atoms with E-state index < -0.39 is 4.92 Å². The lowest BCUT2D eigenvalue weighted by Crippen LogP contribution is -2.14. The maximum absolute atomic E-state index is 11.8. The van der Waals surface area contributed by atoms with E-state index in [1.54, 1.807) is 13.0 Å². The van der Waals surface area contributed by atoms with Crippen LogP contribution in [0.25, 0.3) is 50.8 Å². The number of aryl methyl sites for hydroxylation is 7. The average molecular weight is 646 g/mol. The SMILES string of the molecule is C=Nc1nc2c(cc1/C=C1/CCc3cc4c(nc3C1)-c1nc3ncc(C)cc3cc1CC4)CCc1cc3c([N+](=O)[O-])cc(C)c(O)c3nc1-2. The largest absolute Gasteiger partial charge is 0.505 e. The minimum Gasteiger partial charge on any atom is -0.505 e. The number of aromatic nitrogens is 5. The van der Waals surface area contributed by atoms with Crippen molar-refractivity contribution in [3.8, 4) is 28.5 Å². The number of hydrogen-bond donors (Lipinski definition) is 1. The molecule has 240 valence electrons. The summed E-state index contributed by atoms with van der Waals surface area (Å²) in [7, 11) is 0. The number of aliphatic imine (C=N–C) groups is 1. The second kappa shape index (κ2) is 10.8. The van der Waals surface area contributed by atoms with E-state index in [4.69, 9.17) is 19.9 Å². The van der Waals surface area contributed by atoms with Gasteiger partial charge >= 0.3 is 0 Å². The molecule has 0 atom stereocenters. The first-order valence-electron chi connectivity index (χ1n) is 16.5. The van der Waals surface area contributed by atoms with E-state index in [1.165, 1.54) is 28.3 Å². The molecule has 5 heterocycles. The van der Waals surface area contributed by atoms with Gasteiger partial charge in [0, 0.05) is 35.3 Å². The number of phenols is 1. The van der Waals surface area contributed by atoms with Crippen molar-refractivity contribution in [3.63, 3.8) is 0 Å². The zero-order chi connectivity index (χ0) is 33.6. The molecule has 0 radical (unpaired) electrons. The van der Waals surface area contributed by atoms with Crippen LogP contribution < -0.4 is 0 Å². The molecule has 1 aromatic carbocycles. The lowest BCUT2D eigenvalue weighted by atomic mass is 9.85. The minimum absolute atomic E-state index is 0.0641. The summed E-state index contributed by atoms with van der Waals surface area (Å²) in [5.74, 6) is 0.433. The molecule has 3 aliphatic carbocycles. The van der Waals surface area contributed by atoms with Crippen molar-refractivity contribution in [2.24, 2.45) is 4.99 Å². The second-order valence-corrected chi connectivity index (χ2v) is 13.4. The normalized spacial score (nSPS) is 15.3. The van der Waals surface area contributed by atoms with Gasteiger partial charge in [0.2, 0.25) is 0 Å². The molecule has 3 aliphatic rings. The molecule has 0 aliphatic heterocycles. The van der Waals surface area contributed by atoms with Crippen molar-refractivity contribution in [1.82, 2.24) is 24.9 Å². The summed E-state index contributed by atoms with van der Waals surface area (Å²) >= 11 is 0. The average Bonchev–Trinajstić information content (AvgIpc) is 3.10. The third kappa shape index (κ3) is 4.69. The number of nitro benzene ring substituents is 1. The number of hydrogen-bond acceptors (Lipinski definition) is 9. The molecule has 0 bridgehead atoms. The van der Waals surface area contributed by atoms with Crippen LogP contribution in [0.1, 0.15) is 56.6 Å². The fourth-order valence-corrected chi connectivity index (χ4v) is 7.71. The Hall–Kier alpha value is -5.90. The highest BCUT2D eigenvalue weighted by molar-refractivity contribution is 5.96. The molecule has 5 aromatic heterocycles. The number of benzene rings is 1. The Balaban J connectivity index is 1.08. The number of phenolic OH excluding ortho intramolecular Hbond substituents is 1. The lowest BCUT2D eigenvalue weighted by Gasteiger charge is -2.24. The summed E-state index contributed by atoms with van der Waals surface area (Å²) in [5.41, 5.74) is 14.5. The van der Waals surface area contributed by atoms with E-state index in [0.29, 0.717) is 41.0 Å². The first-order valence-corrected chi connectivity index (χ1v) is 16.5. The van der Waals surface area contributed by atoms with E-state index in [-0.39, 0.29) is 17.0 Å². The van der Waals surface area contributed by atoms with Crippen LogP contribution in [0.15, 0.2) is 53.2 Å².